The van der Waals surface area contributed by atoms with E-state index in [4.69, 9.17) is 15.6 Å². The van der Waals surface area contributed by atoms with Crippen molar-refractivity contribution < 1.29 is 24.2 Å². The Morgan fingerprint density at radius 3 is 2.02 bits per heavy atom. The van der Waals surface area contributed by atoms with Crippen molar-refractivity contribution in [3.05, 3.63) is 118 Å². The molecule has 272 valence electrons. The molecule has 2 unspecified atom stereocenters. The second-order valence-electron chi connectivity index (χ2n) is 13.2. The number of amides is 2. The van der Waals surface area contributed by atoms with Gasteiger partial charge in [0.25, 0.3) is 0 Å². The van der Waals surface area contributed by atoms with Crippen LogP contribution in [0.25, 0.3) is 21.5 Å². The molecule has 6 aromatic rings. The van der Waals surface area contributed by atoms with E-state index in [9.17, 15) is 14.4 Å². The van der Waals surface area contributed by atoms with Gasteiger partial charge < -0.3 is 26.2 Å². The molecule has 0 spiro atoms. The van der Waals surface area contributed by atoms with Crippen molar-refractivity contribution in [3.8, 4) is 0 Å². The van der Waals surface area contributed by atoms with Gasteiger partial charge in [0, 0.05) is 59.8 Å². The van der Waals surface area contributed by atoms with Crippen molar-refractivity contribution in [1.29, 1.82) is 0 Å². The van der Waals surface area contributed by atoms with E-state index in [1.807, 2.05) is 97.7 Å². The maximum absolute atomic E-state index is 12.5. The van der Waals surface area contributed by atoms with Crippen LogP contribution in [0, 0.1) is 0 Å². The van der Waals surface area contributed by atoms with Crippen molar-refractivity contribution in [2.24, 2.45) is 0 Å². The van der Waals surface area contributed by atoms with Gasteiger partial charge in [0.05, 0.1) is 6.04 Å². The standard InChI is InChI=1S/C22H25N3O3S.C9H8N2.C9H12O2S/c1-22(2,3)28-21(27)25-19(17-9-11-29-14-17)6-7-20(26)24-18-5-4-16-13-23-10-8-15(16)12-18;10-9-2-1-8-6-11-4-3-7(8)5-9;1-7(2-3-9(10)11)8-4-5-12-6-8/h4-5,8-14,19H,6-7H2,1-3H3,(H,24,26)(H,25,27);1-6H,10H2;4-7H,2-3H2,1H3,(H,10,11). The van der Waals surface area contributed by atoms with E-state index in [1.165, 1.54) is 5.56 Å². The summed E-state index contributed by atoms with van der Waals surface area (Å²) in [5, 5.41) is 26.6. The zero-order valence-corrected chi connectivity index (χ0v) is 31.4. The molecule has 10 nitrogen and oxygen atoms in total. The molecule has 0 saturated heterocycles. The number of fused-ring (bicyclic) bond motifs is 2. The molecule has 4 aromatic heterocycles. The Balaban J connectivity index is 0.000000213. The number of ether oxygens (including phenoxy) is 1. The van der Waals surface area contributed by atoms with Crippen LogP contribution in [-0.2, 0) is 14.3 Å². The molecule has 0 aliphatic rings. The average Bonchev–Trinajstić information content (AvgIpc) is 3.85. The Morgan fingerprint density at radius 1 is 0.808 bits per heavy atom. The molecule has 0 radical (unpaired) electrons. The normalized spacial score (nSPS) is 12.0. The highest BCUT2D eigenvalue weighted by Crippen LogP contribution is 2.24. The number of hydrogen-bond acceptors (Lipinski definition) is 9. The predicted octanol–water partition coefficient (Wildman–Crippen LogP) is 9.81. The number of hydrogen-bond donors (Lipinski definition) is 4. The quantitative estimate of drug-likeness (QED) is 0.101. The molecule has 5 N–H and O–H groups in total. The molecule has 52 heavy (non-hydrogen) atoms. The maximum Gasteiger partial charge on any atom is 0.408 e. The molecular weight excluding hydrogens is 695 g/mol. The molecule has 2 aromatic carbocycles. The van der Waals surface area contributed by atoms with Crippen molar-refractivity contribution in [2.75, 3.05) is 11.1 Å². The molecule has 6 rings (SSSR count). The Kier molecular flexibility index (Phi) is 14.7. The fourth-order valence-electron chi connectivity index (χ4n) is 5.07. The van der Waals surface area contributed by atoms with Crippen LogP contribution in [0.4, 0.5) is 16.2 Å². The topological polar surface area (TPSA) is 157 Å². The summed E-state index contributed by atoms with van der Waals surface area (Å²) in [5.41, 5.74) is 8.77. The van der Waals surface area contributed by atoms with Gasteiger partial charge in [-0.1, -0.05) is 19.1 Å². The lowest BCUT2D eigenvalue weighted by molar-refractivity contribution is -0.137. The van der Waals surface area contributed by atoms with Gasteiger partial charge in [-0.2, -0.15) is 22.7 Å². The molecule has 0 aliphatic carbocycles. The van der Waals surface area contributed by atoms with E-state index < -0.39 is 17.7 Å². The second-order valence-corrected chi connectivity index (χ2v) is 14.7. The fraction of sp³-hybridized carbons (Fsp3) is 0.275. The van der Waals surface area contributed by atoms with E-state index in [-0.39, 0.29) is 24.8 Å². The van der Waals surface area contributed by atoms with Crippen molar-refractivity contribution in [2.45, 2.75) is 70.9 Å². The average molecular weight is 740 g/mol. The van der Waals surface area contributed by atoms with Crippen LogP contribution in [0.1, 0.15) is 76.5 Å². The summed E-state index contributed by atoms with van der Waals surface area (Å²) in [6.45, 7) is 7.52. The molecular formula is C40H45N5O5S2. The van der Waals surface area contributed by atoms with E-state index in [2.05, 4.69) is 39.0 Å². The summed E-state index contributed by atoms with van der Waals surface area (Å²) < 4.78 is 5.36. The summed E-state index contributed by atoms with van der Waals surface area (Å²) in [5.74, 6) is -0.450. The van der Waals surface area contributed by atoms with Crippen molar-refractivity contribution in [3.63, 3.8) is 0 Å². The number of carbonyl (C=O) groups excluding carboxylic acids is 2. The van der Waals surface area contributed by atoms with Crippen LogP contribution in [0.2, 0.25) is 0 Å². The van der Waals surface area contributed by atoms with E-state index in [0.717, 1.165) is 44.9 Å². The largest absolute Gasteiger partial charge is 0.481 e. The number of thiophene rings is 2. The van der Waals surface area contributed by atoms with Gasteiger partial charge in [-0.3, -0.25) is 19.6 Å². The first-order valence-corrected chi connectivity index (χ1v) is 18.7. The third kappa shape index (κ3) is 13.4. The number of aromatic nitrogens is 2. The smallest absolute Gasteiger partial charge is 0.408 e. The number of rotatable bonds is 10. The lowest BCUT2D eigenvalue weighted by Crippen LogP contribution is -2.35. The highest BCUT2D eigenvalue weighted by Gasteiger charge is 2.21. The first kappa shape index (κ1) is 39.5. The SMILES string of the molecule is CC(C)(C)OC(=O)NC(CCC(=O)Nc1ccc2cnccc2c1)c1ccsc1.CC(CCC(=O)O)c1ccsc1.Nc1ccc2cnccc2c1. The monoisotopic (exact) mass is 739 g/mol. The number of nitrogens with one attached hydrogen (secondary N) is 2. The Hall–Kier alpha value is -5.33. The number of anilines is 2. The van der Waals surface area contributed by atoms with Gasteiger partial charge in [0.2, 0.25) is 5.91 Å². The molecule has 0 saturated carbocycles. The molecule has 0 aliphatic heterocycles. The third-order valence-corrected chi connectivity index (χ3v) is 9.19. The minimum absolute atomic E-state index is 0.107. The highest BCUT2D eigenvalue weighted by molar-refractivity contribution is 7.08. The lowest BCUT2D eigenvalue weighted by atomic mass is 9.99. The maximum atomic E-state index is 12.5. The van der Waals surface area contributed by atoms with Gasteiger partial charge in [-0.15, -0.1) is 0 Å². The lowest BCUT2D eigenvalue weighted by Gasteiger charge is -2.23. The van der Waals surface area contributed by atoms with Crippen LogP contribution in [-0.4, -0.2) is 38.6 Å². The van der Waals surface area contributed by atoms with Gasteiger partial charge in [-0.05, 0) is 131 Å². The van der Waals surface area contributed by atoms with Crippen LogP contribution in [0.5, 0.6) is 0 Å². The Morgan fingerprint density at radius 2 is 1.42 bits per heavy atom. The molecule has 4 heterocycles. The second kappa shape index (κ2) is 19.3. The number of nitrogens with zero attached hydrogens (tertiary/aromatic N) is 2. The summed E-state index contributed by atoms with van der Waals surface area (Å²) in [6, 6.07) is 19.1. The fourth-order valence-corrected chi connectivity index (χ4v) is 6.57. The molecule has 2 atom stereocenters. The van der Waals surface area contributed by atoms with E-state index in [1.54, 1.807) is 41.3 Å². The number of benzene rings is 2. The Labute approximate surface area is 312 Å². The predicted molar refractivity (Wildman–Crippen MR) is 212 cm³/mol. The van der Waals surface area contributed by atoms with E-state index >= 15 is 0 Å². The zero-order valence-electron chi connectivity index (χ0n) is 29.7. The van der Waals surface area contributed by atoms with Crippen molar-refractivity contribution in [1.82, 2.24) is 15.3 Å². The number of carboxylic acids is 1. The van der Waals surface area contributed by atoms with Crippen LogP contribution in [0.15, 0.2) is 107 Å². The third-order valence-electron chi connectivity index (χ3n) is 7.79. The summed E-state index contributed by atoms with van der Waals surface area (Å²) >= 11 is 3.20. The zero-order chi connectivity index (χ0) is 37.5. The van der Waals surface area contributed by atoms with Crippen molar-refractivity contribution >= 4 is 73.6 Å². The Bertz CT molecular complexity index is 2030. The summed E-state index contributed by atoms with van der Waals surface area (Å²) in [4.78, 5) is 43.0. The molecule has 12 heteroatoms. The van der Waals surface area contributed by atoms with Crippen LogP contribution < -0.4 is 16.4 Å². The van der Waals surface area contributed by atoms with Gasteiger partial charge in [0.1, 0.15) is 5.60 Å². The number of nitrogens with two attached hydrogens (primary N) is 1. The number of carbonyl (C=O) groups is 3. The van der Waals surface area contributed by atoms with Crippen LogP contribution >= 0.6 is 22.7 Å². The molecule has 0 bridgehead atoms. The first-order valence-electron chi connectivity index (χ1n) is 16.8. The van der Waals surface area contributed by atoms with Gasteiger partial charge in [0.15, 0.2) is 0 Å². The minimum Gasteiger partial charge on any atom is -0.481 e. The number of aliphatic carboxylic acids is 1. The number of pyridine rings is 2. The summed E-state index contributed by atoms with van der Waals surface area (Å²) in [6.07, 6.45) is 8.34. The number of carboxylic acid groups (broad SMARTS) is 1. The molecule has 2 amide bonds. The first-order chi connectivity index (χ1) is 24.9. The minimum atomic E-state index is -0.711. The number of nitrogen functional groups attached to an aromatic ring is 1. The molecule has 0 fully saturated rings. The van der Waals surface area contributed by atoms with Crippen LogP contribution in [0.3, 0.4) is 0 Å². The van der Waals surface area contributed by atoms with Gasteiger partial charge >= 0.3 is 12.1 Å². The highest BCUT2D eigenvalue weighted by atomic mass is 32.1. The van der Waals surface area contributed by atoms with E-state index in [0.29, 0.717) is 12.3 Å². The number of alkyl carbamates (subject to hydrolysis) is 1. The van der Waals surface area contributed by atoms with Gasteiger partial charge in [-0.25, -0.2) is 4.79 Å². The summed E-state index contributed by atoms with van der Waals surface area (Å²) in [7, 11) is 0.